The molecule has 0 aliphatic heterocycles. The molecule has 0 radical (unpaired) electrons. The highest BCUT2D eigenvalue weighted by Crippen LogP contribution is 2.29. The third-order valence-electron chi connectivity index (χ3n) is 4.59. The molecule has 0 bridgehead atoms. The van der Waals surface area contributed by atoms with Gasteiger partial charge in [0.1, 0.15) is 17.2 Å². The van der Waals surface area contributed by atoms with Crippen LogP contribution in [0.4, 0.5) is 10.1 Å². The van der Waals surface area contributed by atoms with Crippen molar-refractivity contribution in [3.63, 3.8) is 0 Å². The summed E-state index contributed by atoms with van der Waals surface area (Å²) in [5, 5.41) is 4.70. The van der Waals surface area contributed by atoms with Crippen molar-refractivity contribution in [2.45, 2.75) is 38.1 Å². The van der Waals surface area contributed by atoms with Gasteiger partial charge in [-0.15, -0.1) is 0 Å². The summed E-state index contributed by atoms with van der Waals surface area (Å²) in [4.78, 5) is 11.7. The van der Waals surface area contributed by atoms with Crippen LogP contribution in [0.2, 0.25) is 0 Å². The van der Waals surface area contributed by atoms with Crippen LogP contribution < -0.4 is 5.32 Å². The van der Waals surface area contributed by atoms with Crippen molar-refractivity contribution in [1.29, 1.82) is 0 Å². The van der Waals surface area contributed by atoms with Crippen LogP contribution in [0.5, 0.6) is 0 Å². The van der Waals surface area contributed by atoms with E-state index in [-0.39, 0.29) is 5.82 Å². The van der Waals surface area contributed by atoms with Crippen LogP contribution in [0.15, 0.2) is 36.8 Å². The average molecular weight is 334 g/mol. The normalized spacial score (nSPS) is 14.9. The molecule has 1 fully saturated rings. The van der Waals surface area contributed by atoms with Crippen molar-refractivity contribution < 1.29 is 4.39 Å². The summed E-state index contributed by atoms with van der Waals surface area (Å²) in [7, 11) is 0. The fraction of sp³-hybridized carbons (Fsp3) is 0.300. The molecule has 1 saturated carbocycles. The summed E-state index contributed by atoms with van der Waals surface area (Å²) in [6.07, 6.45) is 11.2. The van der Waals surface area contributed by atoms with Gasteiger partial charge in [-0.3, -0.25) is 0 Å². The van der Waals surface area contributed by atoms with Crippen molar-refractivity contribution in [2.75, 3.05) is 5.32 Å². The maximum absolute atomic E-state index is 13.3. The number of halogens is 1. The molecule has 25 heavy (non-hydrogen) atoms. The van der Waals surface area contributed by atoms with Crippen molar-refractivity contribution in [3.05, 3.63) is 53.9 Å². The number of fused-ring (bicyclic) bond motifs is 1. The summed E-state index contributed by atoms with van der Waals surface area (Å²) in [5.74, 6) is 5.72. The maximum Gasteiger partial charge on any atom is 0.139 e. The first-order valence-electron chi connectivity index (χ1n) is 8.66. The van der Waals surface area contributed by atoms with E-state index in [2.05, 4.69) is 32.1 Å². The minimum Gasteiger partial charge on any atom is -0.381 e. The zero-order valence-corrected chi connectivity index (χ0v) is 13.8. The van der Waals surface area contributed by atoms with Crippen molar-refractivity contribution in [1.82, 2.24) is 15.0 Å². The molecule has 3 heterocycles. The lowest BCUT2D eigenvalue weighted by Crippen LogP contribution is -2.22. The first-order valence-corrected chi connectivity index (χ1v) is 8.66. The first-order chi connectivity index (χ1) is 12.3. The van der Waals surface area contributed by atoms with Gasteiger partial charge in [-0.25, -0.2) is 14.4 Å². The van der Waals surface area contributed by atoms with Gasteiger partial charge >= 0.3 is 0 Å². The number of nitrogens with one attached hydrogen (secondary N) is 2. The number of anilines is 1. The predicted octanol–water partition coefficient (Wildman–Crippen LogP) is 4.24. The number of hydrogen-bond donors (Lipinski definition) is 2. The van der Waals surface area contributed by atoms with Gasteiger partial charge < -0.3 is 10.3 Å². The van der Waals surface area contributed by atoms with Gasteiger partial charge in [0.25, 0.3) is 0 Å². The smallest absolute Gasteiger partial charge is 0.139 e. The lowest BCUT2D eigenvalue weighted by molar-refractivity contribution is 0.463. The molecule has 0 saturated heterocycles. The van der Waals surface area contributed by atoms with Crippen LogP contribution in [0.3, 0.4) is 0 Å². The SMILES string of the molecule is Fc1ccnc(C#Cc2cnc3[nH]ccc3c2NC2CCCCC2)c1. The monoisotopic (exact) mass is 334 g/mol. The molecular formula is C20H19FN4. The molecule has 0 amide bonds. The van der Waals surface area contributed by atoms with Crippen LogP contribution in [0, 0.1) is 17.7 Å². The Morgan fingerprint density at radius 3 is 2.84 bits per heavy atom. The molecule has 3 aromatic heterocycles. The zero-order valence-electron chi connectivity index (χ0n) is 13.8. The molecule has 0 aromatic carbocycles. The second-order valence-electron chi connectivity index (χ2n) is 6.38. The van der Waals surface area contributed by atoms with Crippen LogP contribution in [0.25, 0.3) is 11.0 Å². The molecule has 4 rings (SSSR count). The second-order valence-corrected chi connectivity index (χ2v) is 6.38. The Labute approximate surface area is 145 Å². The molecule has 0 spiro atoms. The number of aromatic nitrogens is 3. The minimum absolute atomic E-state index is 0.334. The molecule has 0 unspecified atom stereocenters. The predicted molar refractivity (Wildman–Crippen MR) is 96.8 cm³/mol. The molecule has 0 atom stereocenters. The highest BCUT2D eigenvalue weighted by Gasteiger charge is 2.16. The van der Waals surface area contributed by atoms with Gasteiger partial charge in [0.05, 0.1) is 11.3 Å². The fourth-order valence-electron chi connectivity index (χ4n) is 3.31. The molecule has 2 N–H and O–H groups in total. The average Bonchev–Trinajstić information content (AvgIpc) is 3.11. The van der Waals surface area contributed by atoms with E-state index in [1.54, 1.807) is 6.20 Å². The van der Waals surface area contributed by atoms with E-state index in [0.717, 1.165) is 22.3 Å². The first kappa shape index (κ1) is 15.6. The third kappa shape index (κ3) is 3.48. The van der Waals surface area contributed by atoms with Crippen LogP contribution >= 0.6 is 0 Å². The summed E-state index contributed by atoms with van der Waals surface area (Å²) >= 11 is 0. The minimum atomic E-state index is -0.334. The van der Waals surface area contributed by atoms with Gasteiger partial charge in [-0.05, 0) is 30.9 Å². The van der Waals surface area contributed by atoms with Gasteiger partial charge in [-0.1, -0.05) is 25.2 Å². The molecule has 1 aliphatic rings. The van der Waals surface area contributed by atoms with Crippen molar-refractivity contribution in [3.8, 4) is 11.8 Å². The number of pyridine rings is 2. The van der Waals surface area contributed by atoms with E-state index in [0.29, 0.717) is 11.7 Å². The summed E-state index contributed by atoms with van der Waals surface area (Å²) < 4.78 is 13.3. The maximum atomic E-state index is 13.3. The second kappa shape index (κ2) is 6.94. The van der Waals surface area contributed by atoms with Crippen LogP contribution in [0.1, 0.15) is 43.4 Å². The highest BCUT2D eigenvalue weighted by atomic mass is 19.1. The van der Waals surface area contributed by atoms with Crippen LogP contribution in [-0.2, 0) is 0 Å². The van der Waals surface area contributed by atoms with E-state index < -0.39 is 0 Å². The Morgan fingerprint density at radius 1 is 1.12 bits per heavy atom. The largest absolute Gasteiger partial charge is 0.381 e. The van der Waals surface area contributed by atoms with E-state index >= 15 is 0 Å². The Morgan fingerprint density at radius 2 is 2.00 bits per heavy atom. The Balaban J connectivity index is 1.71. The van der Waals surface area contributed by atoms with Gasteiger partial charge in [0.15, 0.2) is 0 Å². The molecule has 3 aromatic rings. The van der Waals surface area contributed by atoms with Crippen molar-refractivity contribution in [2.24, 2.45) is 0 Å². The summed E-state index contributed by atoms with van der Waals surface area (Å²) in [6, 6.07) is 5.12. The standard InChI is InChI=1S/C20H19FN4/c21-15-8-10-22-17(12-15)7-6-14-13-24-20-18(9-11-23-20)19(14)25-16-4-2-1-3-5-16/h8-13,16H,1-5H2,(H2,23,24,25). The lowest BCUT2D eigenvalue weighted by atomic mass is 9.95. The number of H-pyrrole nitrogens is 1. The molecular weight excluding hydrogens is 315 g/mol. The lowest BCUT2D eigenvalue weighted by Gasteiger charge is -2.24. The van der Waals surface area contributed by atoms with Gasteiger partial charge in [-0.2, -0.15) is 0 Å². The highest BCUT2D eigenvalue weighted by molar-refractivity contribution is 5.92. The van der Waals surface area contributed by atoms with Crippen LogP contribution in [-0.4, -0.2) is 21.0 Å². The van der Waals surface area contributed by atoms with Gasteiger partial charge in [0, 0.05) is 36.1 Å². The fourth-order valence-corrected chi connectivity index (χ4v) is 3.31. The van der Waals surface area contributed by atoms with E-state index in [4.69, 9.17) is 0 Å². The van der Waals surface area contributed by atoms with Gasteiger partial charge in [0.2, 0.25) is 0 Å². The Bertz CT molecular complexity index is 945. The third-order valence-corrected chi connectivity index (χ3v) is 4.59. The number of rotatable bonds is 2. The molecule has 126 valence electrons. The number of aromatic amines is 1. The number of nitrogens with zero attached hydrogens (tertiary/aromatic N) is 2. The van der Waals surface area contributed by atoms with E-state index in [1.807, 2.05) is 12.3 Å². The molecule has 4 nitrogen and oxygen atoms in total. The topological polar surface area (TPSA) is 53.6 Å². The Hall–Kier alpha value is -2.87. The number of hydrogen-bond acceptors (Lipinski definition) is 3. The summed E-state index contributed by atoms with van der Waals surface area (Å²) in [5.41, 5.74) is 3.07. The molecule has 1 aliphatic carbocycles. The van der Waals surface area contributed by atoms with Crippen molar-refractivity contribution >= 4 is 16.7 Å². The zero-order chi connectivity index (χ0) is 17.1. The Kier molecular flexibility index (Phi) is 4.34. The van der Waals surface area contributed by atoms with E-state index in [1.165, 1.54) is 50.4 Å². The van der Waals surface area contributed by atoms with E-state index in [9.17, 15) is 4.39 Å². The molecule has 5 heteroatoms. The summed E-state index contributed by atoms with van der Waals surface area (Å²) in [6.45, 7) is 0. The quantitative estimate of drug-likeness (QED) is 0.689.